The van der Waals surface area contributed by atoms with Crippen LogP contribution in [0.4, 0.5) is 13.2 Å². The zero-order chi connectivity index (χ0) is 50.8. The molecule has 0 radical (unpaired) electrons. The van der Waals surface area contributed by atoms with Crippen molar-refractivity contribution in [1.29, 1.82) is 0 Å². The molecule has 12 aromatic rings. The van der Waals surface area contributed by atoms with Crippen molar-refractivity contribution in [3.63, 3.8) is 0 Å². The maximum Gasteiger partial charge on any atom is 0.212 e. The van der Waals surface area contributed by atoms with E-state index in [1.54, 1.807) is 85.7 Å². The van der Waals surface area contributed by atoms with Crippen LogP contribution in [-0.2, 0) is 6.42 Å². The smallest absolute Gasteiger partial charge is 0.212 e. The number of aromatic nitrogens is 9. The van der Waals surface area contributed by atoms with Crippen LogP contribution in [0.2, 0.25) is 0 Å². The average molecular weight is 976 g/mol. The first kappa shape index (κ1) is 47.9. The molecule has 74 heavy (non-hydrogen) atoms. The second-order valence-corrected chi connectivity index (χ2v) is 16.7. The summed E-state index contributed by atoms with van der Waals surface area (Å²) in [6.45, 7) is 0. The Morgan fingerprint density at radius 1 is 0.432 bits per heavy atom. The lowest BCUT2D eigenvalue weighted by atomic mass is 10.0. The maximum atomic E-state index is 13.6. The number of fused-ring (bicyclic) bond motifs is 3. The number of para-hydroxylation sites is 3. The lowest BCUT2D eigenvalue weighted by Crippen LogP contribution is -2.08. The van der Waals surface area contributed by atoms with Crippen LogP contribution in [0.15, 0.2) is 219 Å². The Bertz CT molecular complexity index is 3930. The third kappa shape index (κ3) is 11.1. The molecule has 12 rings (SSSR count). The third-order valence-electron chi connectivity index (χ3n) is 11.7. The second kappa shape index (κ2) is 22.1. The van der Waals surface area contributed by atoms with Crippen LogP contribution in [0, 0.1) is 17.5 Å². The van der Waals surface area contributed by atoms with Gasteiger partial charge in [-0.05, 0) is 102 Å². The van der Waals surface area contributed by atoms with Crippen molar-refractivity contribution in [2.75, 3.05) is 0 Å². The SMILES string of the molecule is Fc1cccc(Cc2nc(-c3ccncc3)nc3ccccc23)c1.O=C(c1cccc(F)c1)c1nc(-c2ccncc2)nc2ccccc12.OC(c1cccc(F)c1)c1nc(-c2ccncc2)nc2ccccc12. The van der Waals surface area contributed by atoms with Crippen molar-refractivity contribution < 1.29 is 23.1 Å². The Kier molecular flexibility index (Phi) is 14.3. The van der Waals surface area contributed by atoms with Crippen LogP contribution in [0.5, 0.6) is 0 Å². The molecule has 1 atom stereocenters. The van der Waals surface area contributed by atoms with Crippen molar-refractivity contribution in [2.45, 2.75) is 12.5 Å². The van der Waals surface area contributed by atoms with Crippen LogP contribution >= 0.6 is 0 Å². The molecule has 1 unspecified atom stereocenters. The minimum Gasteiger partial charge on any atom is -0.382 e. The van der Waals surface area contributed by atoms with Crippen LogP contribution in [-0.4, -0.2) is 55.7 Å². The summed E-state index contributed by atoms with van der Waals surface area (Å²) in [5.74, 6) is 0.145. The van der Waals surface area contributed by atoms with E-state index in [4.69, 9.17) is 4.98 Å². The standard InChI is InChI=1S/C20H14FN3O.C20H12FN3O.C20H14FN3/c2*21-15-5-3-4-14(12-15)19(25)18-16-6-1-2-7-17(16)23-20(24-18)13-8-10-22-11-9-13;21-16-5-3-4-14(12-16)13-19-17-6-1-2-7-18(17)23-20(24-19)15-8-10-22-11-9-15/h1-12,19,25H;1-12H;1-12H,13H2. The van der Waals surface area contributed by atoms with E-state index in [1.165, 1.54) is 36.4 Å². The van der Waals surface area contributed by atoms with Gasteiger partial charge in [-0.25, -0.2) is 43.1 Å². The monoisotopic (exact) mass is 975 g/mol. The van der Waals surface area contributed by atoms with Crippen LogP contribution in [0.25, 0.3) is 66.9 Å². The van der Waals surface area contributed by atoms with Gasteiger partial charge in [0.1, 0.15) is 29.2 Å². The highest BCUT2D eigenvalue weighted by Gasteiger charge is 2.20. The van der Waals surface area contributed by atoms with Crippen molar-refractivity contribution in [3.8, 4) is 34.2 Å². The molecular formula is C60H40F3N9O2. The largest absolute Gasteiger partial charge is 0.382 e. The number of aliphatic hydroxyl groups is 1. The van der Waals surface area contributed by atoms with Gasteiger partial charge in [0.25, 0.3) is 0 Å². The number of hydrogen-bond acceptors (Lipinski definition) is 11. The van der Waals surface area contributed by atoms with Crippen molar-refractivity contribution in [1.82, 2.24) is 44.9 Å². The molecule has 11 nitrogen and oxygen atoms in total. The van der Waals surface area contributed by atoms with E-state index in [0.717, 1.165) is 49.8 Å². The Labute approximate surface area is 421 Å². The van der Waals surface area contributed by atoms with Crippen molar-refractivity contribution in [3.05, 3.63) is 270 Å². The van der Waals surface area contributed by atoms with E-state index in [1.807, 2.05) is 97.1 Å². The summed E-state index contributed by atoms with van der Waals surface area (Å²) in [5.41, 5.74) is 7.90. The Hall–Kier alpha value is -9.79. The predicted molar refractivity (Wildman–Crippen MR) is 278 cm³/mol. The zero-order valence-corrected chi connectivity index (χ0v) is 39.1. The fraction of sp³-hybridized carbons (Fsp3) is 0.0333. The average Bonchev–Trinajstić information content (AvgIpc) is 3.45. The number of pyridine rings is 3. The minimum absolute atomic E-state index is 0.236. The fourth-order valence-electron chi connectivity index (χ4n) is 8.17. The van der Waals surface area contributed by atoms with Crippen molar-refractivity contribution in [2.24, 2.45) is 0 Å². The van der Waals surface area contributed by atoms with Gasteiger partial charge < -0.3 is 5.11 Å². The predicted octanol–water partition coefficient (Wildman–Crippen LogP) is 12.4. The molecule has 0 bridgehead atoms. The number of nitrogens with zero attached hydrogens (tertiary/aromatic N) is 9. The van der Waals surface area contributed by atoms with Crippen molar-refractivity contribution >= 4 is 38.5 Å². The molecular weight excluding hydrogens is 936 g/mol. The minimum atomic E-state index is -1.05. The van der Waals surface area contributed by atoms with Crippen LogP contribution < -0.4 is 0 Å². The summed E-state index contributed by atoms with van der Waals surface area (Å²) in [4.78, 5) is 52.5. The summed E-state index contributed by atoms with van der Waals surface area (Å²) in [7, 11) is 0. The first-order valence-electron chi connectivity index (χ1n) is 23.2. The van der Waals surface area contributed by atoms with Gasteiger partial charge in [-0.15, -0.1) is 0 Å². The van der Waals surface area contributed by atoms with E-state index >= 15 is 0 Å². The molecule has 0 fully saturated rings. The highest BCUT2D eigenvalue weighted by atomic mass is 19.1. The molecule has 0 saturated carbocycles. The number of carbonyl (C=O) groups excluding carboxylic acids is 1. The van der Waals surface area contributed by atoms with Gasteiger partial charge in [-0.3, -0.25) is 19.7 Å². The van der Waals surface area contributed by atoms with Gasteiger partial charge in [0, 0.05) is 82.0 Å². The van der Waals surface area contributed by atoms with Gasteiger partial charge in [0.15, 0.2) is 17.5 Å². The number of ketones is 1. The highest BCUT2D eigenvalue weighted by Crippen LogP contribution is 2.30. The summed E-state index contributed by atoms with van der Waals surface area (Å²) in [5, 5.41) is 13.2. The summed E-state index contributed by atoms with van der Waals surface area (Å²) in [6.07, 6.45) is 9.56. The van der Waals surface area contributed by atoms with Crippen LogP contribution in [0.3, 0.4) is 0 Å². The Morgan fingerprint density at radius 3 is 1.46 bits per heavy atom. The molecule has 6 aromatic carbocycles. The normalized spacial score (nSPS) is 11.3. The zero-order valence-electron chi connectivity index (χ0n) is 39.1. The van der Waals surface area contributed by atoms with E-state index in [0.29, 0.717) is 46.1 Å². The van der Waals surface area contributed by atoms with E-state index < -0.39 is 17.7 Å². The first-order valence-corrected chi connectivity index (χ1v) is 23.2. The molecule has 14 heteroatoms. The van der Waals surface area contributed by atoms with Gasteiger partial charge in [0.05, 0.1) is 27.9 Å². The molecule has 358 valence electrons. The molecule has 6 heterocycles. The Balaban J connectivity index is 0.000000127. The highest BCUT2D eigenvalue weighted by molar-refractivity contribution is 6.14. The topological polar surface area (TPSA) is 153 Å². The number of hydrogen-bond donors (Lipinski definition) is 1. The molecule has 0 amide bonds. The van der Waals surface area contributed by atoms with Gasteiger partial charge in [-0.1, -0.05) is 91.0 Å². The molecule has 0 aliphatic carbocycles. The third-order valence-corrected chi connectivity index (χ3v) is 11.7. The Morgan fingerprint density at radius 2 is 0.892 bits per heavy atom. The lowest BCUT2D eigenvalue weighted by molar-refractivity contribution is 0.103. The number of halogens is 3. The molecule has 0 aliphatic heterocycles. The molecule has 6 aromatic heterocycles. The number of rotatable bonds is 9. The molecule has 1 N–H and O–H groups in total. The van der Waals surface area contributed by atoms with Gasteiger partial charge in [0.2, 0.25) is 5.78 Å². The van der Waals surface area contributed by atoms with E-state index in [2.05, 4.69) is 39.9 Å². The van der Waals surface area contributed by atoms with Gasteiger partial charge in [-0.2, -0.15) is 0 Å². The van der Waals surface area contributed by atoms with Gasteiger partial charge >= 0.3 is 0 Å². The number of benzene rings is 6. The quantitative estimate of drug-likeness (QED) is 0.138. The maximum absolute atomic E-state index is 13.6. The summed E-state index contributed by atoms with van der Waals surface area (Å²) >= 11 is 0. The summed E-state index contributed by atoms with van der Waals surface area (Å²) in [6, 6.07) is 51.7. The van der Waals surface area contributed by atoms with Crippen LogP contribution in [0.1, 0.15) is 44.7 Å². The summed E-state index contributed by atoms with van der Waals surface area (Å²) < 4.78 is 40.5. The fourth-order valence-corrected chi connectivity index (χ4v) is 8.17. The number of carbonyl (C=O) groups is 1. The molecule has 0 aliphatic rings. The first-order chi connectivity index (χ1) is 36.2. The molecule has 0 saturated heterocycles. The molecule has 0 spiro atoms. The van der Waals surface area contributed by atoms with E-state index in [9.17, 15) is 23.1 Å². The number of aliphatic hydroxyl groups excluding tert-OH is 1. The second-order valence-electron chi connectivity index (χ2n) is 16.7. The van der Waals surface area contributed by atoms with E-state index in [-0.39, 0.29) is 22.9 Å². The lowest BCUT2D eigenvalue weighted by Gasteiger charge is -2.14.